The van der Waals surface area contributed by atoms with Crippen molar-refractivity contribution < 1.29 is 0 Å². The van der Waals surface area contributed by atoms with Crippen LogP contribution in [0.1, 0.15) is 40.5 Å². The zero-order chi connectivity index (χ0) is 12.0. The molecule has 0 aromatic heterocycles. The van der Waals surface area contributed by atoms with Crippen molar-refractivity contribution in [1.29, 1.82) is 0 Å². The van der Waals surface area contributed by atoms with Crippen LogP contribution in [0.5, 0.6) is 0 Å². The van der Waals surface area contributed by atoms with Gasteiger partial charge in [-0.25, -0.2) is 0 Å². The number of hydrogen-bond donors (Lipinski definition) is 1. The zero-order valence-corrected chi connectivity index (χ0v) is 11.4. The molecule has 0 aliphatic carbocycles. The van der Waals surface area contributed by atoms with Crippen molar-refractivity contribution in [3.63, 3.8) is 0 Å². The summed E-state index contributed by atoms with van der Waals surface area (Å²) in [7, 11) is 0. The maximum atomic E-state index is 3.62. The van der Waals surface area contributed by atoms with Gasteiger partial charge in [0.1, 0.15) is 0 Å². The first-order valence-corrected chi connectivity index (χ1v) is 6.72. The summed E-state index contributed by atoms with van der Waals surface area (Å²) in [4.78, 5) is 2.55. The summed E-state index contributed by atoms with van der Waals surface area (Å²) in [5.74, 6) is 0.869. The summed E-state index contributed by atoms with van der Waals surface area (Å²) in [6, 6.07) is 0.662. The van der Waals surface area contributed by atoms with Gasteiger partial charge in [0.05, 0.1) is 0 Å². The molecule has 1 unspecified atom stereocenters. The Hall–Kier alpha value is -0.340. The van der Waals surface area contributed by atoms with Gasteiger partial charge in [0.15, 0.2) is 0 Å². The molecule has 0 aromatic carbocycles. The molecule has 1 aliphatic rings. The van der Waals surface area contributed by atoms with Crippen molar-refractivity contribution in [2.45, 2.75) is 46.6 Å². The van der Waals surface area contributed by atoms with E-state index in [0.29, 0.717) is 6.04 Å². The molecule has 0 radical (unpaired) electrons. The molecule has 0 saturated carbocycles. The Kier molecular flexibility index (Phi) is 6.07. The number of nitrogens with zero attached hydrogens (tertiary/aromatic N) is 1. The van der Waals surface area contributed by atoms with Crippen molar-refractivity contribution in [2.24, 2.45) is 5.92 Å². The van der Waals surface area contributed by atoms with E-state index in [1.165, 1.54) is 38.0 Å². The zero-order valence-electron chi connectivity index (χ0n) is 11.4. The first-order chi connectivity index (χ1) is 7.63. The topological polar surface area (TPSA) is 15.3 Å². The molecule has 0 spiro atoms. The number of allylic oxidation sites excluding steroid dienone is 1. The minimum atomic E-state index is 0.662. The molecular weight excluding hydrogens is 196 g/mol. The molecule has 1 atom stereocenters. The van der Waals surface area contributed by atoms with Crippen LogP contribution in [-0.4, -0.2) is 37.1 Å². The Labute approximate surface area is 101 Å². The van der Waals surface area contributed by atoms with E-state index in [-0.39, 0.29) is 0 Å². The second-order valence-corrected chi connectivity index (χ2v) is 5.25. The predicted octanol–water partition coefficient (Wildman–Crippen LogP) is 2.66. The van der Waals surface area contributed by atoms with Crippen molar-refractivity contribution in [1.82, 2.24) is 10.2 Å². The van der Waals surface area contributed by atoms with Crippen LogP contribution in [0, 0.1) is 5.92 Å². The fraction of sp³-hybridized carbons (Fsp3) is 0.857. The van der Waals surface area contributed by atoms with Gasteiger partial charge in [-0.15, -0.1) is 0 Å². The Morgan fingerprint density at radius 2 is 2.00 bits per heavy atom. The van der Waals surface area contributed by atoms with Gasteiger partial charge in [0.25, 0.3) is 0 Å². The van der Waals surface area contributed by atoms with Crippen LogP contribution >= 0.6 is 0 Å². The van der Waals surface area contributed by atoms with Gasteiger partial charge in [-0.05, 0) is 59.2 Å². The van der Waals surface area contributed by atoms with Crippen molar-refractivity contribution in [2.75, 3.05) is 26.2 Å². The monoisotopic (exact) mass is 224 g/mol. The lowest BCUT2D eigenvalue weighted by atomic mass is 9.90. The van der Waals surface area contributed by atoms with Gasteiger partial charge in [0, 0.05) is 12.6 Å². The third-order valence-electron chi connectivity index (χ3n) is 3.74. The molecule has 1 saturated heterocycles. The van der Waals surface area contributed by atoms with Gasteiger partial charge < -0.3 is 10.2 Å². The summed E-state index contributed by atoms with van der Waals surface area (Å²) in [5, 5.41) is 3.62. The molecular formula is C14H28N2. The molecule has 2 nitrogen and oxygen atoms in total. The fourth-order valence-corrected chi connectivity index (χ4v) is 2.38. The summed E-state index contributed by atoms with van der Waals surface area (Å²) in [6.07, 6.45) is 4.99. The Morgan fingerprint density at radius 3 is 2.50 bits per heavy atom. The Morgan fingerprint density at radius 1 is 1.38 bits per heavy atom. The molecule has 1 aliphatic heterocycles. The van der Waals surface area contributed by atoms with Gasteiger partial charge in [-0.2, -0.15) is 0 Å². The predicted molar refractivity (Wildman–Crippen MR) is 71.7 cm³/mol. The fourth-order valence-electron chi connectivity index (χ4n) is 2.38. The van der Waals surface area contributed by atoms with Gasteiger partial charge in [-0.3, -0.25) is 0 Å². The highest BCUT2D eigenvalue weighted by atomic mass is 15.1. The number of piperidine rings is 1. The highest BCUT2D eigenvalue weighted by Crippen LogP contribution is 2.20. The van der Waals surface area contributed by atoms with Crippen LogP contribution in [-0.2, 0) is 0 Å². The lowest BCUT2D eigenvalue weighted by Gasteiger charge is -2.34. The van der Waals surface area contributed by atoms with Crippen molar-refractivity contribution >= 4 is 0 Å². The van der Waals surface area contributed by atoms with Gasteiger partial charge >= 0.3 is 0 Å². The van der Waals surface area contributed by atoms with E-state index in [9.17, 15) is 0 Å². The molecule has 2 heteroatoms. The smallest absolute Gasteiger partial charge is 0.0139 e. The largest absolute Gasteiger partial charge is 0.311 e. The normalized spacial score (nSPS) is 20.8. The van der Waals surface area contributed by atoms with Gasteiger partial charge in [-0.1, -0.05) is 18.6 Å². The van der Waals surface area contributed by atoms with E-state index >= 15 is 0 Å². The minimum absolute atomic E-state index is 0.662. The van der Waals surface area contributed by atoms with E-state index in [0.717, 1.165) is 12.5 Å². The van der Waals surface area contributed by atoms with E-state index in [4.69, 9.17) is 0 Å². The van der Waals surface area contributed by atoms with Crippen LogP contribution in [0.2, 0.25) is 0 Å². The first-order valence-electron chi connectivity index (χ1n) is 6.72. The number of hydrogen-bond acceptors (Lipinski definition) is 2. The maximum Gasteiger partial charge on any atom is 0.0139 e. The lowest BCUT2D eigenvalue weighted by molar-refractivity contribution is 0.170. The van der Waals surface area contributed by atoms with Crippen LogP contribution in [0.15, 0.2) is 11.6 Å². The number of nitrogens with one attached hydrogen (secondary N) is 1. The van der Waals surface area contributed by atoms with E-state index in [1.807, 2.05) is 0 Å². The minimum Gasteiger partial charge on any atom is -0.311 e. The summed E-state index contributed by atoms with van der Waals surface area (Å²) < 4.78 is 0. The van der Waals surface area contributed by atoms with Crippen LogP contribution < -0.4 is 5.32 Å². The molecule has 1 N–H and O–H groups in total. The van der Waals surface area contributed by atoms with Crippen LogP contribution in [0.3, 0.4) is 0 Å². The summed E-state index contributed by atoms with van der Waals surface area (Å²) >= 11 is 0. The van der Waals surface area contributed by atoms with E-state index in [1.54, 1.807) is 0 Å². The average molecular weight is 224 g/mol. The lowest BCUT2D eigenvalue weighted by Crippen LogP contribution is -2.41. The molecule has 16 heavy (non-hydrogen) atoms. The van der Waals surface area contributed by atoms with Gasteiger partial charge in [0.2, 0.25) is 0 Å². The average Bonchev–Trinajstić information content (AvgIpc) is 2.28. The van der Waals surface area contributed by atoms with Crippen molar-refractivity contribution in [3.8, 4) is 0 Å². The maximum absolute atomic E-state index is 3.62. The molecule has 1 heterocycles. The number of rotatable bonds is 5. The number of likely N-dealkylation sites (tertiary alicyclic amines) is 1. The summed E-state index contributed by atoms with van der Waals surface area (Å²) in [5.41, 5.74) is 1.40. The standard InChI is InChI=1S/C14H28N2/c1-5-16-10-7-14(8-11-16)13(4)15-9-6-12(2)3/h6,13-15H,5,7-11H2,1-4H3. The quantitative estimate of drug-likeness (QED) is 0.722. The molecule has 0 aromatic rings. The second kappa shape index (κ2) is 7.08. The van der Waals surface area contributed by atoms with Crippen LogP contribution in [0.25, 0.3) is 0 Å². The van der Waals surface area contributed by atoms with E-state index < -0.39 is 0 Å². The third-order valence-corrected chi connectivity index (χ3v) is 3.74. The van der Waals surface area contributed by atoms with E-state index in [2.05, 4.69) is 44.0 Å². The Balaban J connectivity index is 2.22. The molecule has 1 rings (SSSR count). The second-order valence-electron chi connectivity index (χ2n) is 5.25. The molecule has 1 fully saturated rings. The first kappa shape index (κ1) is 13.7. The third kappa shape index (κ3) is 4.67. The Bertz CT molecular complexity index is 211. The van der Waals surface area contributed by atoms with Crippen molar-refractivity contribution in [3.05, 3.63) is 11.6 Å². The highest BCUT2D eigenvalue weighted by Gasteiger charge is 2.22. The summed E-state index contributed by atoms with van der Waals surface area (Å²) in [6.45, 7) is 13.7. The molecule has 0 amide bonds. The van der Waals surface area contributed by atoms with Crippen LogP contribution in [0.4, 0.5) is 0 Å². The molecule has 0 bridgehead atoms. The molecule has 94 valence electrons. The highest BCUT2D eigenvalue weighted by molar-refractivity contribution is 4.95. The SMILES string of the molecule is CCN1CCC(C(C)NCC=C(C)C)CC1.